The number of nitrogens with zero attached hydrogens (tertiary/aromatic N) is 1. The van der Waals surface area contributed by atoms with E-state index in [1.54, 1.807) is 0 Å². The zero-order valence-electron chi connectivity index (χ0n) is 14.6. The summed E-state index contributed by atoms with van der Waals surface area (Å²) in [5.74, 6) is -1.31. The van der Waals surface area contributed by atoms with Gasteiger partial charge in [0.2, 0.25) is 15.9 Å². The molecular weight excluding hydrogens is 379 g/mol. The SMILES string of the molecule is O=C(Nc1ccc(Cl)c(F)c1)[C@H]1CCCN(S(=O)(=O)C2CCCCC2)C1. The van der Waals surface area contributed by atoms with Crippen molar-refractivity contribution < 1.29 is 17.6 Å². The molecule has 0 unspecified atom stereocenters. The zero-order valence-corrected chi connectivity index (χ0v) is 16.2. The van der Waals surface area contributed by atoms with Crippen molar-refractivity contribution in [3.8, 4) is 0 Å². The van der Waals surface area contributed by atoms with Gasteiger partial charge in [0.1, 0.15) is 5.82 Å². The van der Waals surface area contributed by atoms with Gasteiger partial charge in [0.25, 0.3) is 0 Å². The van der Waals surface area contributed by atoms with Crippen molar-refractivity contribution in [3.05, 3.63) is 29.0 Å². The minimum Gasteiger partial charge on any atom is -0.326 e. The Morgan fingerprint density at radius 3 is 2.58 bits per heavy atom. The summed E-state index contributed by atoms with van der Waals surface area (Å²) in [5.41, 5.74) is 0.323. The minimum atomic E-state index is -3.36. The van der Waals surface area contributed by atoms with Crippen LogP contribution in [0.5, 0.6) is 0 Å². The summed E-state index contributed by atoms with van der Waals surface area (Å²) in [6.45, 7) is 0.666. The van der Waals surface area contributed by atoms with Crippen molar-refractivity contribution >= 4 is 33.2 Å². The largest absolute Gasteiger partial charge is 0.326 e. The van der Waals surface area contributed by atoms with Crippen LogP contribution in [0.15, 0.2) is 18.2 Å². The summed E-state index contributed by atoms with van der Waals surface area (Å²) < 4.78 is 40.8. The van der Waals surface area contributed by atoms with Gasteiger partial charge >= 0.3 is 0 Å². The molecule has 144 valence electrons. The molecule has 0 radical (unpaired) electrons. The Morgan fingerprint density at radius 2 is 1.88 bits per heavy atom. The van der Waals surface area contributed by atoms with Crippen molar-refractivity contribution in [3.63, 3.8) is 0 Å². The van der Waals surface area contributed by atoms with Crippen molar-refractivity contribution in [1.82, 2.24) is 4.31 Å². The van der Waals surface area contributed by atoms with Crippen molar-refractivity contribution in [2.24, 2.45) is 5.92 Å². The number of anilines is 1. The fraction of sp³-hybridized carbons (Fsp3) is 0.611. The maximum absolute atomic E-state index is 13.5. The zero-order chi connectivity index (χ0) is 18.7. The van der Waals surface area contributed by atoms with Crippen molar-refractivity contribution in [2.75, 3.05) is 18.4 Å². The molecule has 0 aromatic heterocycles. The minimum absolute atomic E-state index is 0.00887. The molecule has 2 fully saturated rings. The number of carbonyl (C=O) groups is 1. The van der Waals surface area contributed by atoms with Crippen molar-refractivity contribution in [1.29, 1.82) is 0 Å². The number of amides is 1. The van der Waals surface area contributed by atoms with Crippen molar-refractivity contribution in [2.45, 2.75) is 50.2 Å². The number of halogens is 2. The molecule has 0 bridgehead atoms. The first kappa shape index (κ1) is 19.6. The topological polar surface area (TPSA) is 66.5 Å². The van der Waals surface area contributed by atoms with Gasteiger partial charge in [-0.3, -0.25) is 4.79 Å². The number of hydrogen-bond donors (Lipinski definition) is 1. The van der Waals surface area contributed by atoms with E-state index in [1.165, 1.54) is 22.5 Å². The van der Waals surface area contributed by atoms with Crippen LogP contribution in [0.25, 0.3) is 0 Å². The fourth-order valence-corrected chi connectivity index (χ4v) is 6.02. The van der Waals surface area contributed by atoms with Crippen LogP contribution >= 0.6 is 11.6 Å². The highest BCUT2D eigenvalue weighted by Gasteiger charge is 2.37. The van der Waals surface area contributed by atoms with E-state index in [4.69, 9.17) is 11.6 Å². The molecule has 2 aliphatic rings. The molecule has 1 aromatic carbocycles. The van der Waals surface area contributed by atoms with E-state index in [-0.39, 0.29) is 22.7 Å². The Bertz CT molecular complexity index is 766. The molecule has 1 aliphatic carbocycles. The lowest BCUT2D eigenvalue weighted by Crippen LogP contribution is -2.47. The van der Waals surface area contributed by atoms with E-state index < -0.39 is 21.8 Å². The number of benzene rings is 1. The van der Waals surface area contributed by atoms with Gasteiger partial charge in [0.15, 0.2) is 0 Å². The number of piperidine rings is 1. The molecule has 26 heavy (non-hydrogen) atoms. The Labute approximate surface area is 158 Å². The smallest absolute Gasteiger partial charge is 0.228 e. The molecule has 1 aromatic rings. The normalized spacial score (nSPS) is 22.9. The number of hydrogen-bond acceptors (Lipinski definition) is 3. The summed E-state index contributed by atoms with van der Waals surface area (Å²) in [6.07, 6.45) is 5.68. The number of sulfonamides is 1. The molecule has 1 atom stereocenters. The maximum Gasteiger partial charge on any atom is 0.228 e. The van der Waals surface area contributed by atoms with E-state index in [2.05, 4.69) is 5.32 Å². The molecule has 1 saturated heterocycles. The maximum atomic E-state index is 13.5. The number of rotatable bonds is 4. The molecule has 1 N–H and O–H groups in total. The number of carbonyl (C=O) groups excluding carboxylic acids is 1. The summed E-state index contributed by atoms with van der Waals surface area (Å²) >= 11 is 5.65. The predicted molar refractivity (Wildman–Crippen MR) is 100 cm³/mol. The van der Waals surface area contributed by atoms with Gasteiger partial charge in [0.05, 0.1) is 16.2 Å². The van der Waals surface area contributed by atoms with E-state index in [1.807, 2.05) is 0 Å². The van der Waals surface area contributed by atoms with Gasteiger partial charge in [-0.15, -0.1) is 0 Å². The Balaban J connectivity index is 1.65. The Kier molecular flexibility index (Phi) is 6.20. The lowest BCUT2D eigenvalue weighted by atomic mass is 9.98. The molecule has 3 rings (SSSR count). The van der Waals surface area contributed by atoms with Gasteiger partial charge in [-0.05, 0) is 43.9 Å². The van der Waals surface area contributed by atoms with Gasteiger partial charge in [-0.25, -0.2) is 17.1 Å². The first-order valence-electron chi connectivity index (χ1n) is 9.13. The standard InChI is InChI=1S/C18H24ClFN2O3S/c19-16-9-8-14(11-17(16)20)21-18(23)13-5-4-10-22(12-13)26(24,25)15-6-2-1-3-7-15/h8-9,11,13,15H,1-7,10,12H2,(H,21,23)/t13-/m0/s1. The van der Waals surface area contributed by atoms with Crippen LogP contribution in [0.1, 0.15) is 44.9 Å². The van der Waals surface area contributed by atoms with E-state index >= 15 is 0 Å². The Morgan fingerprint density at radius 1 is 1.15 bits per heavy atom. The number of nitrogens with one attached hydrogen (secondary N) is 1. The quantitative estimate of drug-likeness (QED) is 0.833. The second kappa shape index (κ2) is 8.23. The molecule has 1 amide bonds. The molecule has 5 nitrogen and oxygen atoms in total. The average molecular weight is 403 g/mol. The third kappa shape index (κ3) is 4.38. The summed E-state index contributed by atoms with van der Waals surface area (Å²) in [6, 6.07) is 4.08. The highest BCUT2D eigenvalue weighted by molar-refractivity contribution is 7.89. The molecule has 8 heteroatoms. The Hall–Kier alpha value is -1.18. The molecular formula is C18H24ClFN2O3S. The molecule has 1 aliphatic heterocycles. The van der Waals surface area contributed by atoms with Gasteiger partial charge in [-0.2, -0.15) is 0 Å². The third-order valence-electron chi connectivity index (χ3n) is 5.28. The highest BCUT2D eigenvalue weighted by Crippen LogP contribution is 2.29. The third-order valence-corrected chi connectivity index (χ3v) is 7.95. The summed E-state index contributed by atoms with van der Waals surface area (Å²) in [7, 11) is -3.36. The monoisotopic (exact) mass is 402 g/mol. The summed E-state index contributed by atoms with van der Waals surface area (Å²) in [5, 5.41) is 2.35. The summed E-state index contributed by atoms with van der Waals surface area (Å²) in [4.78, 5) is 12.5. The lowest BCUT2D eigenvalue weighted by Gasteiger charge is -2.35. The second-order valence-electron chi connectivity index (χ2n) is 7.12. The molecule has 1 saturated carbocycles. The molecule has 0 spiro atoms. The van der Waals surface area contributed by atoms with Crippen LogP contribution < -0.4 is 5.32 Å². The van der Waals surface area contributed by atoms with Crippen LogP contribution in [-0.2, 0) is 14.8 Å². The van der Waals surface area contributed by atoms with E-state index in [0.29, 0.717) is 37.9 Å². The predicted octanol–water partition coefficient (Wildman–Crippen LogP) is 3.79. The van der Waals surface area contributed by atoms with E-state index in [9.17, 15) is 17.6 Å². The van der Waals surface area contributed by atoms with Gasteiger partial charge < -0.3 is 5.32 Å². The first-order chi connectivity index (χ1) is 12.4. The average Bonchev–Trinajstić information content (AvgIpc) is 2.65. The lowest BCUT2D eigenvalue weighted by molar-refractivity contribution is -0.120. The van der Waals surface area contributed by atoms with Crippen LogP contribution in [-0.4, -0.2) is 37.0 Å². The molecule has 1 heterocycles. The highest BCUT2D eigenvalue weighted by atomic mass is 35.5. The first-order valence-corrected chi connectivity index (χ1v) is 11.0. The van der Waals surface area contributed by atoms with Crippen LogP contribution in [0, 0.1) is 11.7 Å². The van der Waals surface area contributed by atoms with Crippen LogP contribution in [0.2, 0.25) is 5.02 Å². The van der Waals surface area contributed by atoms with Crippen LogP contribution in [0.3, 0.4) is 0 Å². The van der Waals surface area contributed by atoms with E-state index in [0.717, 1.165) is 19.3 Å². The van der Waals surface area contributed by atoms with Gasteiger partial charge in [-0.1, -0.05) is 30.9 Å². The fourth-order valence-electron chi connectivity index (χ4n) is 3.78. The second-order valence-corrected chi connectivity index (χ2v) is 9.74. The van der Waals surface area contributed by atoms with Gasteiger partial charge in [0, 0.05) is 18.8 Å². The van der Waals surface area contributed by atoms with Crippen LogP contribution in [0.4, 0.5) is 10.1 Å².